The van der Waals surface area contributed by atoms with E-state index in [1.54, 1.807) is 6.20 Å². The summed E-state index contributed by atoms with van der Waals surface area (Å²) in [5.74, 6) is 0.877. The minimum Gasteiger partial charge on any atom is -0.353 e. The molecule has 2 heterocycles. The fraction of sp³-hybridized carbons (Fsp3) is 0.625. The van der Waals surface area contributed by atoms with E-state index in [9.17, 15) is 0 Å². The number of aromatic nitrogens is 3. The number of nitrogens with zero attached hydrogens (tertiary/aromatic N) is 4. The lowest BCUT2D eigenvalue weighted by molar-refractivity contribution is 0.312. The number of anilines is 1. The van der Waals surface area contributed by atoms with Gasteiger partial charge in [0.2, 0.25) is 4.77 Å². The van der Waals surface area contributed by atoms with Crippen LogP contribution in [-0.4, -0.2) is 53.3 Å². The van der Waals surface area contributed by atoms with Crippen molar-refractivity contribution in [3.8, 4) is 0 Å². The lowest BCUT2D eigenvalue weighted by Gasteiger charge is -2.32. The van der Waals surface area contributed by atoms with Crippen molar-refractivity contribution >= 4 is 18.0 Å². The van der Waals surface area contributed by atoms with Crippen molar-refractivity contribution in [3.63, 3.8) is 0 Å². The number of rotatable bonds is 1. The van der Waals surface area contributed by atoms with Crippen LogP contribution in [0.1, 0.15) is 0 Å². The summed E-state index contributed by atoms with van der Waals surface area (Å²) in [6, 6.07) is 0. The molecule has 1 fully saturated rings. The Hall–Kier alpha value is -1.01. The minimum absolute atomic E-state index is 0.446. The van der Waals surface area contributed by atoms with Crippen molar-refractivity contribution in [2.45, 2.75) is 0 Å². The third-order valence-corrected chi connectivity index (χ3v) is 2.57. The maximum atomic E-state index is 4.93. The first-order valence-corrected chi connectivity index (χ1v) is 5.02. The number of hydrogen-bond donors (Lipinski definition) is 1. The molecule has 0 spiro atoms. The second kappa shape index (κ2) is 4.02. The average Bonchev–Trinajstić information content (AvgIpc) is 2.19. The van der Waals surface area contributed by atoms with E-state index < -0.39 is 0 Å². The predicted molar refractivity (Wildman–Crippen MR) is 56.9 cm³/mol. The first-order chi connectivity index (χ1) is 6.75. The maximum absolute atomic E-state index is 4.93. The van der Waals surface area contributed by atoms with E-state index in [1.165, 1.54) is 0 Å². The molecule has 76 valence electrons. The quantitative estimate of drug-likeness (QED) is 0.676. The van der Waals surface area contributed by atoms with Gasteiger partial charge in [-0.15, -0.1) is 0 Å². The van der Waals surface area contributed by atoms with Crippen molar-refractivity contribution in [2.75, 3.05) is 38.1 Å². The Bertz CT molecular complexity index is 355. The van der Waals surface area contributed by atoms with Gasteiger partial charge >= 0.3 is 0 Å². The largest absolute Gasteiger partial charge is 0.353 e. The third kappa shape index (κ3) is 2.08. The number of nitrogens with one attached hydrogen (secondary N) is 1. The smallest absolute Gasteiger partial charge is 0.215 e. The van der Waals surface area contributed by atoms with Crippen LogP contribution >= 0.6 is 12.2 Å². The third-order valence-electron chi connectivity index (χ3n) is 2.38. The van der Waals surface area contributed by atoms with Gasteiger partial charge in [0.25, 0.3) is 0 Å². The van der Waals surface area contributed by atoms with Gasteiger partial charge in [0.1, 0.15) is 0 Å². The second-order valence-electron chi connectivity index (χ2n) is 3.44. The standard InChI is InChI=1S/C8H13N5S/c1-12-2-4-13(5-3-12)7-6-9-11-8(14)10-7/h6H,2-5H2,1H3,(H,10,11,14). The van der Waals surface area contributed by atoms with Gasteiger partial charge in [0.15, 0.2) is 5.82 Å². The molecule has 1 aliphatic rings. The molecule has 0 saturated carbocycles. The zero-order valence-corrected chi connectivity index (χ0v) is 8.92. The highest BCUT2D eigenvalue weighted by Crippen LogP contribution is 2.09. The Morgan fingerprint density at radius 1 is 1.36 bits per heavy atom. The molecule has 0 radical (unpaired) electrons. The normalized spacial score (nSPS) is 18.5. The van der Waals surface area contributed by atoms with E-state index in [0.717, 1.165) is 32.0 Å². The molecule has 1 aromatic rings. The SMILES string of the molecule is CN1CCN(c2cn[nH]c(=S)n2)CC1. The Balaban J connectivity index is 2.12. The van der Waals surface area contributed by atoms with E-state index in [1.807, 2.05) is 0 Å². The Labute approximate surface area is 87.8 Å². The van der Waals surface area contributed by atoms with Gasteiger partial charge in [-0.1, -0.05) is 0 Å². The molecule has 14 heavy (non-hydrogen) atoms. The molecule has 1 saturated heterocycles. The minimum atomic E-state index is 0.446. The van der Waals surface area contributed by atoms with Gasteiger partial charge < -0.3 is 9.80 Å². The zero-order valence-electron chi connectivity index (χ0n) is 8.10. The fourth-order valence-corrected chi connectivity index (χ4v) is 1.64. The molecule has 0 aromatic carbocycles. The van der Waals surface area contributed by atoms with E-state index in [4.69, 9.17) is 12.2 Å². The molecule has 0 bridgehead atoms. The molecule has 1 aliphatic heterocycles. The second-order valence-corrected chi connectivity index (χ2v) is 3.82. The highest BCUT2D eigenvalue weighted by Gasteiger charge is 2.14. The van der Waals surface area contributed by atoms with E-state index in [-0.39, 0.29) is 0 Å². The molecule has 1 aromatic heterocycles. The molecule has 5 nitrogen and oxygen atoms in total. The van der Waals surface area contributed by atoms with Gasteiger partial charge in [-0.2, -0.15) is 10.1 Å². The summed E-state index contributed by atoms with van der Waals surface area (Å²) in [5, 5.41) is 6.57. The molecular formula is C8H13N5S. The Kier molecular flexibility index (Phi) is 2.74. The Morgan fingerprint density at radius 3 is 2.71 bits per heavy atom. The number of hydrogen-bond acceptors (Lipinski definition) is 5. The highest BCUT2D eigenvalue weighted by molar-refractivity contribution is 7.71. The van der Waals surface area contributed by atoms with E-state index >= 15 is 0 Å². The molecule has 6 heteroatoms. The summed E-state index contributed by atoms with van der Waals surface area (Å²) >= 11 is 4.93. The molecule has 0 atom stereocenters. The Morgan fingerprint density at radius 2 is 2.07 bits per heavy atom. The first kappa shape index (κ1) is 9.54. The van der Waals surface area contributed by atoms with Crippen LogP contribution in [0, 0.1) is 4.77 Å². The van der Waals surface area contributed by atoms with Gasteiger partial charge in [0, 0.05) is 26.2 Å². The van der Waals surface area contributed by atoms with Crippen molar-refractivity contribution in [1.82, 2.24) is 20.1 Å². The number of likely N-dealkylation sites (N-methyl/N-ethyl adjacent to an activating group) is 1. The molecule has 0 unspecified atom stereocenters. The van der Waals surface area contributed by atoms with Crippen molar-refractivity contribution in [2.24, 2.45) is 0 Å². The van der Waals surface area contributed by atoms with Crippen molar-refractivity contribution < 1.29 is 0 Å². The lowest BCUT2D eigenvalue weighted by atomic mass is 10.3. The van der Waals surface area contributed by atoms with Gasteiger partial charge in [-0.25, -0.2) is 0 Å². The number of aromatic amines is 1. The zero-order chi connectivity index (χ0) is 9.97. The van der Waals surface area contributed by atoms with Gasteiger partial charge in [0.05, 0.1) is 6.20 Å². The molecule has 0 aliphatic carbocycles. The van der Waals surface area contributed by atoms with Crippen LogP contribution in [0.4, 0.5) is 5.82 Å². The van der Waals surface area contributed by atoms with Gasteiger partial charge in [-0.3, -0.25) is 5.10 Å². The van der Waals surface area contributed by atoms with E-state index in [0.29, 0.717) is 4.77 Å². The summed E-state index contributed by atoms with van der Waals surface area (Å²) in [7, 11) is 2.13. The van der Waals surface area contributed by atoms with Crippen LogP contribution < -0.4 is 4.90 Å². The lowest BCUT2D eigenvalue weighted by Crippen LogP contribution is -2.44. The summed E-state index contributed by atoms with van der Waals surface area (Å²) in [4.78, 5) is 8.73. The highest BCUT2D eigenvalue weighted by atomic mass is 32.1. The van der Waals surface area contributed by atoms with Crippen LogP contribution in [0.5, 0.6) is 0 Å². The van der Waals surface area contributed by atoms with Crippen molar-refractivity contribution in [3.05, 3.63) is 11.0 Å². The number of piperazine rings is 1. The molecule has 1 N–H and O–H groups in total. The van der Waals surface area contributed by atoms with E-state index in [2.05, 4.69) is 32.0 Å². The summed E-state index contributed by atoms with van der Waals surface area (Å²) in [6.45, 7) is 4.11. The van der Waals surface area contributed by atoms with Crippen LogP contribution in [0.3, 0.4) is 0 Å². The molecular weight excluding hydrogens is 198 g/mol. The molecule has 0 amide bonds. The summed E-state index contributed by atoms with van der Waals surface area (Å²) in [5.41, 5.74) is 0. The first-order valence-electron chi connectivity index (χ1n) is 4.61. The van der Waals surface area contributed by atoms with Crippen LogP contribution in [0.15, 0.2) is 6.20 Å². The van der Waals surface area contributed by atoms with Crippen LogP contribution in [0.2, 0.25) is 0 Å². The fourth-order valence-electron chi connectivity index (χ4n) is 1.49. The maximum Gasteiger partial charge on any atom is 0.215 e. The summed E-state index contributed by atoms with van der Waals surface area (Å²) < 4.78 is 0.446. The van der Waals surface area contributed by atoms with Crippen LogP contribution in [0.25, 0.3) is 0 Å². The summed E-state index contributed by atoms with van der Waals surface area (Å²) in [6.07, 6.45) is 1.72. The predicted octanol–water partition coefficient (Wildman–Crippen LogP) is 0.286. The van der Waals surface area contributed by atoms with Crippen molar-refractivity contribution in [1.29, 1.82) is 0 Å². The average molecular weight is 211 g/mol. The monoisotopic (exact) mass is 211 g/mol. The number of H-pyrrole nitrogens is 1. The van der Waals surface area contributed by atoms with Gasteiger partial charge in [-0.05, 0) is 19.3 Å². The topological polar surface area (TPSA) is 48.0 Å². The van der Waals surface area contributed by atoms with Crippen LogP contribution in [-0.2, 0) is 0 Å². The molecule has 2 rings (SSSR count).